The van der Waals surface area contributed by atoms with Crippen LogP contribution in [0.15, 0.2) is 30.3 Å². The Morgan fingerprint density at radius 1 is 1.23 bits per heavy atom. The van der Waals surface area contributed by atoms with Crippen LogP contribution in [-0.2, 0) is 33.7 Å². The first kappa shape index (κ1) is 18.1. The topological polar surface area (TPSA) is 75.7 Å². The van der Waals surface area contributed by atoms with E-state index in [1.807, 2.05) is 30.3 Å². The van der Waals surface area contributed by atoms with Crippen molar-refractivity contribution in [2.75, 3.05) is 19.0 Å². The van der Waals surface area contributed by atoms with Crippen LogP contribution in [0.2, 0.25) is 0 Å². The number of thiophene rings is 1. The molecule has 0 unspecified atom stereocenters. The van der Waals surface area contributed by atoms with Gasteiger partial charge in [0.15, 0.2) is 0 Å². The minimum atomic E-state index is -0.464. The molecule has 0 atom stereocenters. The molecule has 1 N–H and O–H groups in total. The highest BCUT2D eigenvalue weighted by Gasteiger charge is 2.29. The first-order valence-electron chi connectivity index (χ1n) is 8.31. The second-order valence-corrected chi connectivity index (χ2v) is 7.21. The average molecular weight is 372 g/mol. The van der Waals surface area contributed by atoms with Gasteiger partial charge >= 0.3 is 5.97 Å². The molecule has 0 aliphatic carbocycles. The maximum Gasteiger partial charge on any atom is 0.341 e. The van der Waals surface area contributed by atoms with Gasteiger partial charge in [-0.05, 0) is 17.5 Å². The number of anilines is 1. The zero-order chi connectivity index (χ0) is 18.7. The molecule has 0 fully saturated rings. The number of ether oxygens (including phenoxy) is 1. The van der Waals surface area contributed by atoms with Crippen LogP contribution in [0.1, 0.15) is 33.3 Å². The Morgan fingerprint density at radius 2 is 1.96 bits per heavy atom. The van der Waals surface area contributed by atoms with Crippen LogP contribution in [0.25, 0.3) is 0 Å². The standard InChI is InChI=1S/C19H20N2O4S/c1-12(22)21-9-8-14-15(11-21)26-18(17(14)19(24)25-2)20-16(23)10-13-6-4-3-5-7-13/h3-7H,8-11H2,1-2H3,(H,20,23). The van der Waals surface area contributed by atoms with Crippen LogP contribution < -0.4 is 5.32 Å². The molecule has 2 aromatic rings. The van der Waals surface area contributed by atoms with Gasteiger partial charge in [0.2, 0.25) is 11.8 Å². The van der Waals surface area contributed by atoms with Gasteiger partial charge in [0.1, 0.15) is 5.00 Å². The molecule has 136 valence electrons. The third-order valence-corrected chi connectivity index (χ3v) is 5.48. The second-order valence-electron chi connectivity index (χ2n) is 6.10. The third-order valence-electron chi connectivity index (χ3n) is 4.35. The third kappa shape index (κ3) is 3.77. The number of nitrogens with one attached hydrogen (secondary N) is 1. The van der Waals surface area contributed by atoms with Crippen molar-refractivity contribution in [3.8, 4) is 0 Å². The normalized spacial score (nSPS) is 13.1. The van der Waals surface area contributed by atoms with Gasteiger partial charge in [-0.15, -0.1) is 11.3 Å². The molecule has 1 aliphatic rings. The van der Waals surface area contributed by atoms with E-state index in [1.165, 1.54) is 25.4 Å². The Labute approximate surface area is 155 Å². The lowest BCUT2D eigenvalue weighted by molar-refractivity contribution is -0.129. The van der Waals surface area contributed by atoms with Crippen LogP contribution in [0.5, 0.6) is 0 Å². The fourth-order valence-electron chi connectivity index (χ4n) is 3.03. The zero-order valence-electron chi connectivity index (χ0n) is 14.7. The maximum absolute atomic E-state index is 12.4. The van der Waals surface area contributed by atoms with Crippen molar-refractivity contribution >= 4 is 34.1 Å². The molecule has 0 radical (unpaired) electrons. The largest absolute Gasteiger partial charge is 0.465 e. The number of esters is 1. The minimum absolute atomic E-state index is 0.00155. The Bertz CT molecular complexity index is 845. The van der Waals surface area contributed by atoms with Gasteiger partial charge in [0.05, 0.1) is 25.6 Å². The quantitative estimate of drug-likeness (QED) is 0.837. The summed E-state index contributed by atoms with van der Waals surface area (Å²) in [5.74, 6) is -0.657. The molecule has 1 aromatic carbocycles. The van der Waals surface area contributed by atoms with Gasteiger partial charge in [-0.25, -0.2) is 4.79 Å². The molecule has 0 bridgehead atoms. The molecular weight excluding hydrogens is 352 g/mol. The lowest BCUT2D eigenvalue weighted by Crippen LogP contribution is -2.33. The molecule has 2 amide bonds. The van der Waals surface area contributed by atoms with Gasteiger partial charge in [-0.2, -0.15) is 0 Å². The number of rotatable bonds is 4. The summed E-state index contributed by atoms with van der Waals surface area (Å²) in [6.45, 7) is 2.54. The summed E-state index contributed by atoms with van der Waals surface area (Å²) in [5, 5.41) is 3.34. The van der Waals surface area contributed by atoms with E-state index in [2.05, 4.69) is 5.32 Å². The number of nitrogens with zero attached hydrogens (tertiary/aromatic N) is 1. The molecule has 2 heterocycles. The molecule has 0 spiro atoms. The van der Waals surface area contributed by atoms with Crippen molar-refractivity contribution < 1.29 is 19.1 Å². The number of carbonyl (C=O) groups excluding carboxylic acids is 3. The van der Waals surface area contributed by atoms with Gasteiger partial charge in [0, 0.05) is 18.3 Å². The molecule has 1 aliphatic heterocycles. The number of methoxy groups -OCH3 is 1. The zero-order valence-corrected chi connectivity index (χ0v) is 15.5. The lowest BCUT2D eigenvalue weighted by atomic mass is 10.0. The highest BCUT2D eigenvalue weighted by molar-refractivity contribution is 7.17. The highest BCUT2D eigenvalue weighted by atomic mass is 32.1. The average Bonchev–Trinajstić information content (AvgIpc) is 2.98. The number of carbonyl (C=O) groups is 3. The molecule has 3 rings (SSSR count). The van der Waals surface area contributed by atoms with Crippen molar-refractivity contribution in [2.24, 2.45) is 0 Å². The van der Waals surface area contributed by atoms with Gasteiger partial charge in [0.25, 0.3) is 0 Å². The monoisotopic (exact) mass is 372 g/mol. The highest BCUT2D eigenvalue weighted by Crippen LogP contribution is 2.37. The van der Waals surface area contributed by atoms with Crippen LogP contribution in [-0.4, -0.2) is 36.3 Å². The van der Waals surface area contributed by atoms with Crippen molar-refractivity contribution in [1.29, 1.82) is 0 Å². The second kappa shape index (κ2) is 7.70. The van der Waals surface area contributed by atoms with Gasteiger partial charge in [-0.3, -0.25) is 9.59 Å². The maximum atomic E-state index is 12.4. The Morgan fingerprint density at radius 3 is 2.62 bits per heavy atom. The molecule has 0 saturated carbocycles. The summed E-state index contributed by atoms with van der Waals surface area (Å²) < 4.78 is 4.91. The number of amides is 2. The summed E-state index contributed by atoms with van der Waals surface area (Å²) in [7, 11) is 1.33. The molecule has 7 heteroatoms. The Hall–Kier alpha value is -2.67. The van der Waals surface area contributed by atoms with E-state index < -0.39 is 5.97 Å². The van der Waals surface area contributed by atoms with E-state index in [-0.39, 0.29) is 18.2 Å². The van der Waals surface area contributed by atoms with Gasteiger partial charge in [-0.1, -0.05) is 30.3 Å². The van der Waals surface area contributed by atoms with Crippen LogP contribution >= 0.6 is 11.3 Å². The van der Waals surface area contributed by atoms with Crippen LogP contribution in [0.3, 0.4) is 0 Å². The first-order chi connectivity index (χ1) is 12.5. The van der Waals surface area contributed by atoms with E-state index in [0.29, 0.717) is 30.1 Å². The van der Waals surface area contributed by atoms with E-state index in [9.17, 15) is 14.4 Å². The van der Waals surface area contributed by atoms with E-state index >= 15 is 0 Å². The first-order valence-corrected chi connectivity index (χ1v) is 9.13. The number of benzene rings is 1. The van der Waals surface area contributed by atoms with Gasteiger partial charge < -0.3 is 15.0 Å². The predicted molar refractivity (Wildman–Crippen MR) is 99.2 cm³/mol. The summed E-state index contributed by atoms with van der Waals surface area (Å²) in [5.41, 5.74) is 2.18. The minimum Gasteiger partial charge on any atom is -0.465 e. The summed E-state index contributed by atoms with van der Waals surface area (Å²) in [4.78, 5) is 39.0. The molecule has 0 saturated heterocycles. The number of hydrogen-bond acceptors (Lipinski definition) is 5. The lowest BCUT2D eigenvalue weighted by Gasteiger charge is -2.25. The van der Waals surface area contributed by atoms with Crippen molar-refractivity contribution in [2.45, 2.75) is 26.3 Å². The Kier molecular flexibility index (Phi) is 5.37. The number of fused-ring (bicyclic) bond motifs is 1. The van der Waals surface area contributed by atoms with E-state index in [4.69, 9.17) is 4.74 Å². The summed E-state index contributed by atoms with van der Waals surface area (Å²) >= 11 is 1.34. The molecule has 6 nitrogen and oxygen atoms in total. The van der Waals surface area contributed by atoms with Crippen molar-refractivity contribution in [3.63, 3.8) is 0 Å². The number of hydrogen-bond donors (Lipinski definition) is 1. The Balaban J connectivity index is 1.85. The molecular formula is C19H20N2O4S. The fourth-order valence-corrected chi connectivity index (χ4v) is 4.30. The summed E-state index contributed by atoms with van der Waals surface area (Å²) in [6, 6.07) is 9.41. The summed E-state index contributed by atoms with van der Waals surface area (Å²) in [6.07, 6.45) is 0.800. The van der Waals surface area contributed by atoms with Crippen LogP contribution in [0.4, 0.5) is 5.00 Å². The fraction of sp³-hybridized carbons (Fsp3) is 0.316. The SMILES string of the molecule is COC(=O)c1c(NC(=O)Cc2ccccc2)sc2c1CCN(C(C)=O)C2. The van der Waals surface area contributed by atoms with Crippen molar-refractivity contribution in [1.82, 2.24) is 4.90 Å². The van der Waals surface area contributed by atoms with E-state index in [1.54, 1.807) is 4.90 Å². The van der Waals surface area contributed by atoms with E-state index in [0.717, 1.165) is 16.0 Å². The molecule has 1 aromatic heterocycles. The van der Waals surface area contributed by atoms with Crippen molar-refractivity contribution in [3.05, 3.63) is 51.9 Å². The molecule has 26 heavy (non-hydrogen) atoms. The van der Waals surface area contributed by atoms with Crippen LogP contribution in [0, 0.1) is 0 Å². The smallest absolute Gasteiger partial charge is 0.341 e. The predicted octanol–water partition coefficient (Wildman–Crippen LogP) is 2.62.